The summed E-state index contributed by atoms with van der Waals surface area (Å²) in [7, 11) is 0. The zero-order valence-electron chi connectivity index (χ0n) is 12.4. The Bertz CT molecular complexity index is 838. The predicted molar refractivity (Wildman–Crippen MR) is 80.7 cm³/mol. The summed E-state index contributed by atoms with van der Waals surface area (Å²) in [6.07, 6.45) is 0.130. The Morgan fingerprint density at radius 2 is 1.86 bits per heavy atom. The van der Waals surface area contributed by atoms with Crippen LogP contribution in [-0.2, 0) is 6.54 Å². The molecule has 0 aliphatic rings. The Kier molecular flexibility index (Phi) is 4.08. The number of rotatable bonds is 3. The minimum atomic E-state index is -0.401. The molecule has 0 N–H and O–H groups in total. The normalized spacial score (nSPS) is 10.4. The average molecular weight is 283 g/mol. The van der Waals surface area contributed by atoms with E-state index in [4.69, 9.17) is 5.26 Å². The van der Waals surface area contributed by atoms with Crippen LogP contribution in [0.15, 0.2) is 33.9 Å². The smallest absolute Gasteiger partial charge is 0.269 e. The van der Waals surface area contributed by atoms with E-state index in [1.807, 2.05) is 38.1 Å². The molecular formula is C16H17N3O2. The van der Waals surface area contributed by atoms with Gasteiger partial charge in [0.1, 0.15) is 0 Å². The highest BCUT2D eigenvalue weighted by Crippen LogP contribution is 2.15. The van der Waals surface area contributed by atoms with Crippen molar-refractivity contribution in [1.29, 1.82) is 5.26 Å². The Morgan fingerprint density at radius 1 is 1.14 bits per heavy atom. The molecule has 0 fully saturated rings. The zero-order valence-corrected chi connectivity index (χ0v) is 12.4. The molecule has 2 rings (SSSR count). The molecule has 0 unspecified atom stereocenters. The molecule has 2 aromatic rings. The Balaban J connectivity index is 2.72. The molecule has 0 bridgehead atoms. The van der Waals surface area contributed by atoms with E-state index in [0.29, 0.717) is 5.69 Å². The first-order chi connectivity index (χ1) is 9.95. The quantitative estimate of drug-likeness (QED) is 0.863. The molecule has 1 aromatic heterocycles. The summed E-state index contributed by atoms with van der Waals surface area (Å²) in [5.74, 6) is 0. The second-order valence-corrected chi connectivity index (χ2v) is 5.09. The van der Waals surface area contributed by atoms with Crippen LogP contribution in [0.25, 0.3) is 5.69 Å². The topological polar surface area (TPSA) is 67.8 Å². The first-order valence-electron chi connectivity index (χ1n) is 6.74. The van der Waals surface area contributed by atoms with Gasteiger partial charge in [0.25, 0.3) is 5.56 Å². The molecule has 1 heterocycles. The molecule has 0 radical (unpaired) electrons. The predicted octanol–water partition coefficient (Wildman–Crippen LogP) is 1.84. The fourth-order valence-corrected chi connectivity index (χ4v) is 2.40. The molecule has 0 atom stereocenters. The van der Waals surface area contributed by atoms with Gasteiger partial charge in [-0.05, 0) is 32.4 Å². The first-order valence-corrected chi connectivity index (χ1v) is 6.74. The fraction of sp³-hybridized carbons (Fsp3) is 0.312. The van der Waals surface area contributed by atoms with Crippen molar-refractivity contribution in [2.24, 2.45) is 0 Å². The third-order valence-electron chi connectivity index (χ3n) is 3.41. The Morgan fingerprint density at radius 3 is 2.48 bits per heavy atom. The highest BCUT2D eigenvalue weighted by Gasteiger charge is 2.12. The van der Waals surface area contributed by atoms with Gasteiger partial charge in [-0.1, -0.05) is 17.7 Å². The van der Waals surface area contributed by atoms with Gasteiger partial charge >= 0.3 is 5.69 Å². The number of aromatic nitrogens is 2. The van der Waals surface area contributed by atoms with Crippen LogP contribution in [-0.4, -0.2) is 9.13 Å². The SMILES string of the molecule is Cc1ccc(-n2c(C)cc(=O)n(CCC#N)c2=O)c(C)c1. The third kappa shape index (κ3) is 2.79. The fourth-order valence-electron chi connectivity index (χ4n) is 2.40. The molecule has 5 nitrogen and oxygen atoms in total. The lowest BCUT2D eigenvalue weighted by atomic mass is 10.1. The molecular weight excluding hydrogens is 266 g/mol. The molecule has 21 heavy (non-hydrogen) atoms. The summed E-state index contributed by atoms with van der Waals surface area (Å²) in [5, 5.41) is 8.65. The van der Waals surface area contributed by atoms with Crippen LogP contribution < -0.4 is 11.2 Å². The van der Waals surface area contributed by atoms with Crippen molar-refractivity contribution in [1.82, 2.24) is 9.13 Å². The minimum absolute atomic E-state index is 0.110. The number of nitrogens with zero attached hydrogens (tertiary/aromatic N) is 3. The van der Waals surface area contributed by atoms with E-state index in [-0.39, 0.29) is 18.5 Å². The lowest BCUT2D eigenvalue weighted by molar-refractivity contribution is 0.612. The van der Waals surface area contributed by atoms with E-state index in [1.54, 1.807) is 6.92 Å². The molecule has 0 saturated carbocycles. The van der Waals surface area contributed by atoms with Crippen molar-refractivity contribution < 1.29 is 0 Å². The average Bonchev–Trinajstić information content (AvgIpc) is 2.40. The molecule has 108 valence electrons. The summed E-state index contributed by atoms with van der Waals surface area (Å²) in [6, 6.07) is 9.18. The lowest BCUT2D eigenvalue weighted by Crippen LogP contribution is -2.40. The van der Waals surface area contributed by atoms with Crippen molar-refractivity contribution in [3.05, 3.63) is 61.9 Å². The van der Waals surface area contributed by atoms with Crippen LogP contribution in [0.3, 0.4) is 0 Å². The summed E-state index contributed by atoms with van der Waals surface area (Å²) in [5.41, 5.74) is 2.65. The first kappa shape index (κ1) is 14.8. The number of benzene rings is 1. The largest absolute Gasteiger partial charge is 0.335 e. The van der Waals surface area contributed by atoms with Crippen LogP contribution in [0.5, 0.6) is 0 Å². The maximum absolute atomic E-state index is 12.6. The van der Waals surface area contributed by atoms with Crippen molar-refractivity contribution >= 4 is 0 Å². The van der Waals surface area contributed by atoms with Gasteiger partial charge in [-0.3, -0.25) is 13.9 Å². The maximum atomic E-state index is 12.6. The summed E-state index contributed by atoms with van der Waals surface area (Å²) in [6.45, 7) is 5.76. The lowest BCUT2D eigenvalue weighted by Gasteiger charge is -2.15. The van der Waals surface area contributed by atoms with Crippen LogP contribution in [0.4, 0.5) is 0 Å². The standard InChI is InChI=1S/C16H17N3O2/c1-11-5-6-14(12(2)9-11)19-13(3)10-15(20)18(16(19)21)8-4-7-17/h5-6,9-10H,4,8H2,1-3H3. The molecule has 0 amide bonds. The van der Waals surface area contributed by atoms with Crippen molar-refractivity contribution in [3.8, 4) is 11.8 Å². The molecule has 1 aromatic carbocycles. The van der Waals surface area contributed by atoms with Crippen LogP contribution in [0.1, 0.15) is 23.2 Å². The number of hydrogen-bond acceptors (Lipinski definition) is 3. The Labute approximate surface area is 122 Å². The van der Waals surface area contributed by atoms with Gasteiger partial charge in [0.05, 0.1) is 18.2 Å². The zero-order chi connectivity index (χ0) is 15.6. The number of hydrogen-bond donors (Lipinski definition) is 0. The van der Waals surface area contributed by atoms with Gasteiger partial charge in [-0.2, -0.15) is 5.26 Å². The van der Waals surface area contributed by atoms with E-state index in [0.717, 1.165) is 21.4 Å². The van der Waals surface area contributed by atoms with Gasteiger partial charge in [0.15, 0.2) is 0 Å². The van der Waals surface area contributed by atoms with E-state index >= 15 is 0 Å². The van der Waals surface area contributed by atoms with E-state index in [1.165, 1.54) is 10.6 Å². The van der Waals surface area contributed by atoms with Gasteiger partial charge in [-0.25, -0.2) is 4.79 Å². The minimum Gasteiger partial charge on any atom is -0.269 e. The molecule has 0 spiro atoms. The molecule has 5 heteroatoms. The van der Waals surface area contributed by atoms with Crippen molar-refractivity contribution in [2.75, 3.05) is 0 Å². The monoisotopic (exact) mass is 283 g/mol. The van der Waals surface area contributed by atoms with Gasteiger partial charge in [-0.15, -0.1) is 0 Å². The summed E-state index contributed by atoms with van der Waals surface area (Å²) < 4.78 is 2.63. The maximum Gasteiger partial charge on any atom is 0.335 e. The Hall–Kier alpha value is -2.61. The molecule has 0 aliphatic carbocycles. The van der Waals surface area contributed by atoms with E-state index < -0.39 is 5.69 Å². The van der Waals surface area contributed by atoms with Crippen LogP contribution in [0, 0.1) is 32.1 Å². The van der Waals surface area contributed by atoms with E-state index in [9.17, 15) is 9.59 Å². The van der Waals surface area contributed by atoms with Crippen molar-refractivity contribution in [3.63, 3.8) is 0 Å². The highest BCUT2D eigenvalue weighted by atomic mass is 16.2. The second-order valence-electron chi connectivity index (χ2n) is 5.09. The van der Waals surface area contributed by atoms with E-state index in [2.05, 4.69) is 0 Å². The van der Waals surface area contributed by atoms with Crippen LogP contribution >= 0.6 is 0 Å². The summed E-state index contributed by atoms with van der Waals surface area (Å²) >= 11 is 0. The summed E-state index contributed by atoms with van der Waals surface area (Å²) in [4.78, 5) is 24.5. The number of aryl methyl sites for hydroxylation is 3. The van der Waals surface area contributed by atoms with Gasteiger partial charge in [0.2, 0.25) is 0 Å². The third-order valence-corrected chi connectivity index (χ3v) is 3.41. The second kappa shape index (κ2) is 5.80. The van der Waals surface area contributed by atoms with Gasteiger partial charge in [0, 0.05) is 18.3 Å². The number of nitriles is 1. The molecule has 0 aliphatic heterocycles. The van der Waals surface area contributed by atoms with Crippen LogP contribution in [0.2, 0.25) is 0 Å². The van der Waals surface area contributed by atoms with Crippen molar-refractivity contribution in [2.45, 2.75) is 33.7 Å². The molecule has 0 saturated heterocycles. The van der Waals surface area contributed by atoms with Gasteiger partial charge < -0.3 is 0 Å². The highest BCUT2D eigenvalue weighted by molar-refractivity contribution is 5.43.